The van der Waals surface area contributed by atoms with Gasteiger partial charge in [-0.1, -0.05) is 27.7 Å². The van der Waals surface area contributed by atoms with Gasteiger partial charge in [0.25, 0.3) is 0 Å². The largest absolute Gasteiger partial charge is 0.479 e. The molecule has 0 aromatic heterocycles. The average molecular weight is 1410 g/mol. The first-order valence-corrected chi connectivity index (χ1v) is 30.9. The molecule has 21 N–H and O–H groups in total. The van der Waals surface area contributed by atoms with E-state index in [1.165, 1.54) is 34.6 Å². The van der Waals surface area contributed by atoms with Crippen LogP contribution < -0.4 is 0 Å². The Morgan fingerprint density at radius 1 is 0.333 bits per heavy atom. The SMILES string of the molecule is CCOC1OC(C(=O)O)C(OC2OC(CO)C(OC3OC(C(=O)O)C(OC4OC(CO)C(OC5OC(C(=O)O)C(OC6OC(CO)C(OC7OC(C(=O)O)C(OC8CC(CO)C(O)C(O)C8C)C(O)C7O)C(O)C6C)C(O)C5O)C(O)C4C)C(O)C3O)C(O)C2C)C(O)C1OO. The monoisotopic (exact) mass is 1400 g/mol. The third-order valence-electron chi connectivity index (χ3n) is 18.9. The number of ether oxygens (including phenoxy) is 15. The molecule has 1 saturated carbocycles. The summed E-state index contributed by atoms with van der Waals surface area (Å²) in [6, 6.07) is 0. The van der Waals surface area contributed by atoms with E-state index in [4.69, 9.17) is 71.1 Å². The van der Waals surface area contributed by atoms with Gasteiger partial charge in [0, 0.05) is 42.8 Å². The van der Waals surface area contributed by atoms with Crippen molar-refractivity contribution in [2.45, 2.75) is 256 Å². The van der Waals surface area contributed by atoms with Gasteiger partial charge in [0.05, 0.1) is 56.4 Å². The van der Waals surface area contributed by atoms with Crippen LogP contribution in [0.5, 0.6) is 0 Å². The van der Waals surface area contributed by atoms with Crippen LogP contribution in [0.4, 0.5) is 0 Å². The van der Waals surface area contributed by atoms with Gasteiger partial charge >= 0.3 is 23.9 Å². The summed E-state index contributed by atoms with van der Waals surface area (Å²) in [5.74, 6) is -13.0. The highest BCUT2D eigenvalue weighted by Crippen LogP contribution is 2.42. The first-order chi connectivity index (χ1) is 45.3. The van der Waals surface area contributed by atoms with E-state index in [0.717, 1.165) is 0 Å². The predicted octanol–water partition coefficient (Wildman–Crippen LogP) is -10.8. The fourth-order valence-corrected chi connectivity index (χ4v) is 13.0. The van der Waals surface area contributed by atoms with Crippen LogP contribution in [0.1, 0.15) is 41.0 Å². The summed E-state index contributed by atoms with van der Waals surface area (Å²) in [5, 5.41) is 226. The van der Waals surface area contributed by atoms with E-state index in [-0.39, 0.29) is 13.0 Å². The number of hydrogen-bond acceptors (Lipinski definition) is 37. The average Bonchev–Trinajstić information content (AvgIpc) is 0.779. The van der Waals surface area contributed by atoms with Crippen molar-refractivity contribution >= 4 is 23.9 Å². The molecule has 7 saturated heterocycles. The van der Waals surface area contributed by atoms with Gasteiger partial charge in [-0.2, -0.15) is 0 Å². The molecular weight excluding hydrogens is 1320 g/mol. The predicted molar refractivity (Wildman–Crippen MR) is 293 cm³/mol. The number of aliphatic hydroxyl groups excluding tert-OH is 16. The Bertz CT molecular complexity index is 2520. The minimum Gasteiger partial charge on any atom is -0.479 e. The number of aliphatic hydroxyl groups is 16. The van der Waals surface area contributed by atoms with Gasteiger partial charge in [0.15, 0.2) is 74.6 Å². The standard InChI is InChI=1S/C55H88O41/c1-6-81-55-40(96-80)32(71)39(44(95-55)48(78)79)91-51-15(5)24(63)35(20(11-59)85-51)88-54-31(70)28(67)38(43(94-54)47(76)77)90-50-14(4)23(62)34(19(10-58)84-50)87-53-30(69)27(66)37(42(93-53)46(74)75)89-49-13(3)22(61)33(18(9-57)83-49)86-52-29(68)26(65)36(41(92-52)45(72)73)82-17-7-16(8-56)25(64)21(60)12(17)2/h12-44,49-71,80H,6-11H2,1-5H3,(H,72,73)(H,74,75)(H,76,77)(H,78,79). The van der Waals surface area contributed by atoms with Crippen LogP contribution in [0.25, 0.3) is 0 Å². The Hall–Kier alpha value is -3.44. The summed E-state index contributed by atoms with van der Waals surface area (Å²) >= 11 is 0. The summed E-state index contributed by atoms with van der Waals surface area (Å²) in [6.45, 7) is 2.90. The normalized spacial score (nSPS) is 50.4. The lowest BCUT2D eigenvalue weighted by Crippen LogP contribution is -2.67. The molecule has 41 nitrogen and oxygen atoms in total. The van der Waals surface area contributed by atoms with Crippen molar-refractivity contribution in [3.8, 4) is 0 Å². The molecule has 40 unspecified atom stereocenters. The van der Waals surface area contributed by atoms with Crippen molar-refractivity contribution in [1.82, 2.24) is 0 Å². The molecule has 0 aromatic rings. The van der Waals surface area contributed by atoms with E-state index >= 15 is 0 Å². The third-order valence-corrected chi connectivity index (χ3v) is 18.9. The van der Waals surface area contributed by atoms with Gasteiger partial charge in [0.2, 0.25) is 0 Å². The zero-order valence-electron chi connectivity index (χ0n) is 51.9. The molecule has 1 aliphatic carbocycles. The Morgan fingerprint density at radius 2 is 0.635 bits per heavy atom. The van der Waals surface area contributed by atoms with E-state index in [1.807, 2.05) is 0 Å². The number of carbonyl (C=O) groups is 4. The summed E-state index contributed by atoms with van der Waals surface area (Å²) < 4.78 is 85.4. The minimum atomic E-state index is -2.33. The van der Waals surface area contributed by atoms with Crippen LogP contribution in [0.15, 0.2) is 0 Å². The number of carboxylic acids is 4. The van der Waals surface area contributed by atoms with Gasteiger partial charge in [0.1, 0.15) is 104 Å². The maximum absolute atomic E-state index is 12.8. The first-order valence-electron chi connectivity index (χ1n) is 30.9. The lowest BCUT2D eigenvalue weighted by Gasteiger charge is -2.50. The van der Waals surface area contributed by atoms with Crippen molar-refractivity contribution in [2.24, 2.45) is 29.6 Å². The summed E-state index contributed by atoms with van der Waals surface area (Å²) in [4.78, 5) is 54.7. The van der Waals surface area contributed by atoms with E-state index in [1.54, 1.807) is 0 Å². The topological polar surface area (TPSA) is 641 Å². The maximum Gasteiger partial charge on any atom is 0.335 e. The second-order valence-electron chi connectivity index (χ2n) is 25.0. The van der Waals surface area contributed by atoms with Crippen molar-refractivity contribution in [1.29, 1.82) is 0 Å². The highest BCUT2D eigenvalue weighted by atomic mass is 17.1. The van der Waals surface area contributed by atoms with Crippen LogP contribution in [-0.2, 0) is 95.1 Å². The van der Waals surface area contributed by atoms with Crippen LogP contribution in [0, 0.1) is 29.6 Å². The molecule has 7 heterocycles. The molecule has 0 bridgehead atoms. The molecule has 8 rings (SSSR count). The van der Waals surface area contributed by atoms with Crippen LogP contribution in [0.3, 0.4) is 0 Å². The number of hydrogen-bond donors (Lipinski definition) is 21. The fourth-order valence-electron chi connectivity index (χ4n) is 13.0. The smallest absolute Gasteiger partial charge is 0.335 e. The third kappa shape index (κ3) is 15.9. The highest BCUT2D eigenvalue weighted by molar-refractivity contribution is 5.75. The molecule has 41 heteroatoms. The van der Waals surface area contributed by atoms with Crippen molar-refractivity contribution in [3.63, 3.8) is 0 Å². The molecule has 40 atom stereocenters. The molecule has 0 spiro atoms. The molecule has 554 valence electrons. The molecule has 8 aliphatic rings. The zero-order chi connectivity index (χ0) is 71.0. The highest BCUT2D eigenvalue weighted by Gasteiger charge is 2.61. The Labute approximate surface area is 543 Å². The lowest BCUT2D eigenvalue weighted by atomic mass is 9.76. The summed E-state index contributed by atoms with van der Waals surface area (Å²) in [7, 11) is 0. The molecular formula is C55H88O41. The summed E-state index contributed by atoms with van der Waals surface area (Å²) in [6.07, 6.45) is -67.5. The number of carboxylic acid groups (broad SMARTS) is 4. The Kier molecular flexibility index (Phi) is 27.0. The van der Waals surface area contributed by atoms with Gasteiger partial charge < -0.3 is 173 Å². The van der Waals surface area contributed by atoms with Crippen molar-refractivity contribution in [3.05, 3.63) is 0 Å². The van der Waals surface area contributed by atoms with Gasteiger partial charge in [-0.05, 0) is 13.3 Å². The quantitative estimate of drug-likeness (QED) is 0.0298. The van der Waals surface area contributed by atoms with Gasteiger partial charge in [-0.15, -0.1) is 0 Å². The Morgan fingerprint density at radius 3 is 0.927 bits per heavy atom. The first kappa shape index (κ1) is 78.3. The van der Waals surface area contributed by atoms with Crippen molar-refractivity contribution < 1.29 is 203 Å². The van der Waals surface area contributed by atoms with E-state index in [0.29, 0.717) is 0 Å². The maximum atomic E-state index is 12.8. The molecule has 8 fully saturated rings. The molecule has 0 aromatic carbocycles. The lowest BCUT2D eigenvalue weighted by molar-refractivity contribution is -0.403. The van der Waals surface area contributed by atoms with Crippen LogP contribution in [-0.4, -0.2) is 379 Å². The molecule has 0 amide bonds. The fraction of sp³-hybridized carbons (Fsp3) is 0.927. The van der Waals surface area contributed by atoms with Crippen LogP contribution >= 0.6 is 0 Å². The molecule has 7 aliphatic heterocycles. The summed E-state index contributed by atoms with van der Waals surface area (Å²) in [5.41, 5.74) is 0. The number of rotatable bonds is 25. The van der Waals surface area contributed by atoms with Gasteiger partial charge in [-0.3, -0.25) is 5.26 Å². The number of aliphatic carboxylic acids is 4. The Balaban J connectivity index is 0.877. The second-order valence-corrected chi connectivity index (χ2v) is 25.0. The van der Waals surface area contributed by atoms with Crippen LogP contribution in [0.2, 0.25) is 0 Å². The van der Waals surface area contributed by atoms with E-state index in [9.17, 15) is 127 Å². The zero-order valence-corrected chi connectivity index (χ0v) is 51.9. The van der Waals surface area contributed by atoms with Crippen molar-refractivity contribution in [2.75, 3.05) is 33.0 Å². The molecule has 96 heavy (non-hydrogen) atoms. The second kappa shape index (κ2) is 33.1. The molecule has 0 radical (unpaired) electrons. The van der Waals surface area contributed by atoms with E-state index in [2.05, 4.69) is 4.89 Å². The van der Waals surface area contributed by atoms with E-state index < -0.39 is 295 Å². The minimum absolute atomic E-state index is 0.0698. The van der Waals surface area contributed by atoms with Gasteiger partial charge in [-0.25, -0.2) is 24.1 Å².